The van der Waals surface area contributed by atoms with Crippen LogP contribution >= 0.6 is 0 Å². The SMILES string of the molecule is CC(C)Oc1cccc2ccc(/C=N/Nc3ccc([C@H](N4CC[C@](C)(NC(=O)OC(C)(C)C)C4)C(F)(F)F)cn3)nc12. The molecule has 0 spiro atoms. The quantitative estimate of drug-likeness (QED) is 0.231. The zero-order valence-corrected chi connectivity index (χ0v) is 24.6. The minimum atomic E-state index is -4.55. The van der Waals surface area contributed by atoms with Crippen molar-refractivity contribution in [2.24, 2.45) is 5.10 Å². The number of hydrogen-bond donors (Lipinski definition) is 2. The van der Waals surface area contributed by atoms with E-state index in [1.165, 1.54) is 29.4 Å². The zero-order chi connectivity index (χ0) is 30.7. The molecule has 0 radical (unpaired) electrons. The fraction of sp³-hybridized carbons (Fsp3) is 0.467. The van der Waals surface area contributed by atoms with Gasteiger partial charge in [-0.2, -0.15) is 18.3 Å². The molecular weight excluding hydrogens is 549 g/mol. The summed E-state index contributed by atoms with van der Waals surface area (Å²) in [5, 5.41) is 7.82. The smallest absolute Gasteiger partial charge is 0.408 e. The number of carbonyl (C=O) groups excluding carboxylic acids is 1. The Morgan fingerprint density at radius 1 is 1.14 bits per heavy atom. The molecule has 9 nitrogen and oxygen atoms in total. The van der Waals surface area contributed by atoms with Crippen LogP contribution in [0.1, 0.15) is 65.3 Å². The highest BCUT2D eigenvalue weighted by Crippen LogP contribution is 2.41. The third-order valence-corrected chi connectivity index (χ3v) is 6.53. The number of nitrogens with one attached hydrogen (secondary N) is 2. The number of para-hydroxylation sites is 1. The molecule has 2 N–H and O–H groups in total. The molecule has 0 bridgehead atoms. The number of amides is 1. The number of ether oxygens (including phenoxy) is 2. The van der Waals surface area contributed by atoms with Crippen LogP contribution in [-0.4, -0.2) is 63.7 Å². The molecule has 0 unspecified atom stereocenters. The van der Waals surface area contributed by atoms with E-state index < -0.39 is 29.5 Å². The molecule has 1 aromatic carbocycles. The molecule has 2 atom stereocenters. The van der Waals surface area contributed by atoms with Crippen molar-refractivity contribution in [2.75, 3.05) is 18.5 Å². The highest BCUT2D eigenvalue weighted by atomic mass is 19.4. The average molecular weight is 587 g/mol. The van der Waals surface area contributed by atoms with Gasteiger partial charge in [-0.25, -0.2) is 14.8 Å². The monoisotopic (exact) mass is 586 g/mol. The van der Waals surface area contributed by atoms with Crippen LogP contribution < -0.4 is 15.5 Å². The molecule has 226 valence electrons. The number of pyridine rings is 2. The molecular formula is C30H37F3N6O3. The molecule has 3 aromatic rings. The van der Waals surface area contributed by atoms with Gasteiger partial charge in [0, 0.05) is 24.7 Å². The normalized spacial score (nSPS) is 18.9. The van der Waals surface area contributed by atoms with E-state index in [9.17, 15) is 18.0 Å². The average Bonchev–Trinajstić information content (AvgIpc) is 3.23. The largest absolute Gasteiger partial charge is 0.489 e. The molecule has 3 heterocycles. The van der Waals surface area contributed by atoms with Gasteiger partial charge in [0.2, 0.25) is 0 Å². The molecule has 1 fully saturated rings. The number of benzene rings is 1. The zero-order valence-electron chi connectivity index (χ0n) is 24.6. The van der Waals surface area contributed by atoms with Crippen molar-refractivity contribution in [3.8, 4) is 5.75 Å². The molecule has 2 aromatic heterocycles. The summed E-state index contributed by atoms with van der Waals surface area (Å²) >= 11 is 0. The molecule has 1 saturated heterocycles. The van der Waals surface area contributed by atoms with Crippen molar-refractivity contribution in [3.05, 3.63) is 59.9 Å². The summed E-state index contributed by atoms with van der Waals surface area (Å²) in [5.41, 5.74) is 2.43. The second kappa shape index (κ2) is 12.1. The maximum absolute atomic E-state index is 14.3. The number of hydrogen-bond acceptors (Lipinski definition) is 8. The summed E-state index contributed by atoms with van der Waals surface area (Å²) in [5.74, 6) is 0.944. The summed E-state index contributed by atoms with van der Waals surface area (Å²) in [7, 11) is 0. The van der Waals surface area contributed by atoms with Gasteiger partial charge in [0.1, 0.15) is 28.7 Å². The van der Waals surface area contributed by atoms with Gasteiger partial charge in [-0.05, 0) is 71.7 Å². The number of nitrogens with zero attached hydrogens (tertiary/aromatic N) is 4. The Hall–Kier alpha value is -3.93. The topological polar surface area (TPSA) is 101 Å². The van der Waals surface area contributed by atoms with E-state index in [1.54, 1.807) is 33.8 Å². The number of hydrazone groups is 1. The van der Waals surface area contributed by atoms with Crippen molar-refractivity contribution in [2.45, 2.75) is 77.4 Å². The van der Waals surface area contributed by atoms with Crippen LogP contribution in [0.2, 0.25) is 0 Å². The van der Waals surface area contributed by atoms with Crippen LogP contribution in [0.25, 0.3) is 10.9 Å². The van der Waals surface area contributed by atoms with Gasteiger partial charge in [-0.15, -0.1) is 0 Å². The number of alkyl halides is 3. The van der Waals surface area contributed by atoms with Crippen molar-refractivity contribution in [1.29, 1.82) is 0 Å². The minimum absolute atomic E-state index is 0.00337. The Morgan fingerprint density at radius 2 is 1.90 bits per heavy atom. The first-order chi connectivity index (χ1) is 19.6. The van der Waals surface area contributed by atoms with Gasteiger partial charge in [0.05, 0.1) is 23.6 Å². The molecule has 12 heteroatoms. The van der Waals surface area contributed by atoms with Gasteiger partial charge in [-0.3, -0.25) is 10.3 Å². The van der Waals surface area contributed by atoms with Crippen LogP contribution in [0, 0.1) is 0 Å². The first-order valence-corrected chi connectivity index (χ1v) is 13.8. The molecule has 0 aliphatic carbocycles. The van der Waals surface area contributed by atoms with Gasteiger partial charge in [0.25, 0.3) is 0 Å². The number of anilines is 1. The van der Waals surface area contributed by atoms with Crippen molar-refractivity contribution in [1.82, 2.24) is 20.2 Å². The van der Waals surface area contributed by atoms with Gasteiger partial charge in [-0.1, -0.05) is 24.3 Å². The van der Waals surface area contributed by atoms with E-state index >= 15 is 0 Å². The van der Waals surface area contributed by atoms with Crippen LogP contribution in [0.4, 0.5) is 23.8 Å². The Balaban J connectivity index is 1.43. The van der Waals surface area contributed by atoms with E-state index in [1.807, 2.05) is 38.1 Å². The lowest BCUT2D eigenvalue weighted by Gasteiger charge is -2.32. The lowest BCUT2D eigenvalue weighted by Crippen LogP contribution is -2.50. The Labute approximate surface area is 243 Å². The maximum Gasteiger partial charge on any atom is 0.408 e. The number of fused-ring (bicyclic) bond motifs is 1. The third-order valence-electron chi connectivity index (χ3n) is 6.53. The molecule has 42 heavy (non-hydrogen) atoms. The van der Waals surface area contributed by atoms with Crippen LogP contribution in [0.15, 0.2) is 53.8 Å². The third kappa shape index (κ3) is 8.09. The van der Waals surface area contributed by atoms with E-state index in [0.29, 0.717) is 23.4 Å². The lowest BCUT2D eigenvalue weighted by molar-refractivity contribution is -0.184. The van der Waals surface area contributed by atoms with Crippen molar-refractivity contribution in [3.63, 3.8) is 0 Å². The van der Waals surface area contributed by atoms with Crippen LogP contribution in [-0.2, 0) is 4.74 Å². The fourth-order valence-corrected chi connectivity index (χ4v) is 4.83. The first kappa shape index (κ1) is 31.0. The van der Waals surface area contributed by atoms with E-state index in [2.05, 4.69) is 25.8 Å². The summed E-state index contributed by atoms with van der Waals surface area (Å²) in [6.07, 6.45) is -2.18. The highest BCUT2D eigenvalue weighted by Gasteiger charge is 2.49. The summed E-state index contributed by atoms with van der Waals surface area (Å²) in [4.78, 5) is 22.4. The lowest BCUT2D eigenvalue weighted by atomic mass is 10.0. The summed E-state index contributed by atoms with van der Waals surface area (Å²) in [6.45, 7) is 10.9. The summed E-state index contributed by atoms with van der Waals surface area (Å²) < 4.78 is 53.9. The number of likely N-dealkylation sites (tertiary alicyclic amines) is 1. The standard InChI is InChI=1S/C30H37F3N6O3/c1-19(2)41-23-9-7-8-20-10-12-22(36-25(20)23)17-35-38-24-13-11-21(16-34-24)26(30(31,32)33)39-15-14-29(6,18-39)37-27(40)42-28(3,4)5/h7-13,16-17,19,26H,14-15,18H2,1-6H3,(H,34,38)(H,37,40)/b35-17+/t26-,29-/m0/s1. The van der Waals surface area contributed by atoms with Crippen LogP contribution in [0.5, 0.6) is 5.75 Å². The molecule has 0 saturated carbocycles. The van der Waals surface area contributed by atoms with E-state index in [0.717, 1.165) is 5.39 Å². The van der Waals surface area contributed by atoms with Gasteiger partial charge < -0.3 is 14.8 Å². The maximum atomic E-state index is 14.3. The van der Waals surface area contributed by atoms with Gasteiger partial charge >= 0.3 is 12.3 Å². The number of rotatable bonds is 8. The van der Waals surface area contributed by atoms with Crippen molar-refractivity contribution < 1.29 is 27.4 Å². The fourth-order valence-electron chi connectivity index (χ4n) is 4.83. The predicted molar refractivity (Wildman–Crippen MR) is 156 cm³/mol. The Morgan fingerprint density at radius 3 is 2.55 bits per heavy atom. The molecule has 4 rings (SSSR count). The molecule has 1 amide bonds. The minimum Gasteiger partial charge on any atom is -0.489 e. The number of carbonyl (C=O) groups is 1. The van der Waals surface area contributed by atoms with Crippen molar-refractivity contribution >= 4 is 29.0 Å². The number of alkyl carbamates (subject to hydrolysis) is 1. The number of aromatic nitrogens is 2. The predicted octanol–water partition coefficient (Wildman–Crippen LogP) is 6.46. The van der Waals surface area contributed by atoms with E-state index in [4.69, 9.17) is 9.47 Å². The molecule has 1 aliphatic rings. The van der Waals surface area contributed by atoms with Crippen LogP contribution in [0.3, 0.4) is 0 Å². The Kier molecular flexibility index (Phi) is 8.95. The highest BCUT2D eigenvalue weighted by molar-refractivity contribution is 5.88. The Bertz CT molecular complexity index is 1420. The molecule has 1 aliphatic heterocycles. The first-order valence-electron chi connectivity index (χ1n) is 13.8. The van der Waals surface area contributed by atoms with E-state index in [-0.39, 0.29) is 30.6 Å². The second-order valence-electron chi connectivity index (χ2n) is 11.9. The summed E-state index contributed by atoms with van der Waals surface area (Å²) in [6, 6.07) is 10.4. The second-order valence-corrected chi connectivity index (χ2v) is 11.9. The number of halogens is 3. The van der Waals surface area contributed by atoms with Gasteiger partial charge in [0.15, 0.2) is 0 Å².